The number of fused-ring (bicyclic) bond motifs is 1. The molecule has 1 aliphatic rings. The summed E-state index contributed by atoms with van der Waals surface area (Å²) in [5.74, 6) is -1.24. The van der Waals surface area contributed by atoms with E-state index >= 15 is 0 Å². The van der Waals surface area contributed by atoms with E-state index in [4.69, 9.17) is 10.8 Å². The number of carboxylic acid groups (broad SMARTS) is 1. The molecule has 0 radical (unpaired) electrons. The van der Waals surface area contributed by atoms with E-state index in [9.17, 15) is 13.2 Å². The highest BCUT2D eigenvalue weighted by Gasteiger charge is 2.32. The number of carbonyl (C=O) groups is 1. The minimum Gasteiger partial charge on any atom is -0.478 e. The third-order valence-electron chi connectivity index (χ3n) is 3.43. The average Bonchev–Trinajstić information content (AvgIpc) is 2.72. The second kappa shape index (κ2) is 4.67. The minimum atomic E-state index is -3.95. The summed E-state index contributed by atoms with van der Waals surface area (Å²) in [7, 11) is -3.95. The highest BCUT2D eigenvalue weighted by molar-refractivity contribution is 7.90. The fraction of sp³-hybridized carbons (Fsp3) is 0.0667. The predicted molar refractivity (Wildman–Crippen MR) is 81.8 cm³/mol. The summed E-state index contributed by atoms with van der Waals surface area (Å²) < 4.78 is 28.2. The molecule has 0 saturated heterocycles. The van der Waals surface area contributed by atoms with Crippen molar-refractivity contribution in [3.63, 3.8) is 0 Å². The quantitative estimate of drug-likeness (QED) is 0.821. The second-order valence-electron chi connectivity index (χ2n) is 5.02. The van der Waals surface area contributed by atoms with Gasteiger partial charge in [0.15, 0.2) is 0 Å². The van der Waals surface area contributed by atoms with E-state index in [1.54, 1.807) is 12.1 Å². The van der Waals surface area contributed by atoms with E-state index in [2.05, 4.69) is 4.40 Å². The molecule has 0 amide bonds. The zero-order valence-electron chi connectivity index (χ0n) is 11.6. The molecule has 0 fully saturated rings. The number of anilines is 1. The van der Waals surface area contributed by atoms with Crippen molar-refractivity contribution in [3.8, 4) is 0 Å². The SMILES string of the molecule is Cc1ccc(C2=NS(=O)(=O)c3cc(C(=O)O)cc(N)c32)cc1. The van der Waals surface area contributed by atoms with Crippen molar-refractivity contribution in [2.75, 3.05) is 5.73 Å². The van der Waals surface area contributed by atoms with Gasteiger partial charge in [0.25, 0.3) is 10.0 Å². The fourth-order valence-electron chi connectivity index (χ4n) is 2.34. The van der Waals surface area contributed by atoms with Crippen LogP contribution in [0.5, 0.6) is 0 Å². The van der Waals surface area contributed by atoms with Gasteiger partial charge in [-0.25, -0.2) is 4.79 Å². The Labute approximate surface area is 127 Å². The van der Waals surface area contributed by atoms with E-state index in [1.807, 2.05) is 19.1 Å². The minimum absolute atomic E-state index is 0.0790. The van der Waals surface area contributed by atoms with E-state index in [0.29, 0.717) is 5.56 Å². The Bertz CT molecular complexity index is 929. The predicted octanol–water partition coefficient (Wildman–Crippen LogP) is 1.82. The summed E-state index contributed by atoms with van der Waals surface area (Å²) in [6.45, 7) is 1.92. The molecule has 1 aliphatic heterocycles. The maximum absolute atomic E-state index is 12.2. The summed E-state index contributed by atoms with van der Waals surface area (Å²) in [5, 5.41) is 9.04. The van der Waals surface area contributed by atoms with Gasteiger partial charge in [0.1, 0.15) is 4.90 Å². The van der Waals surface area contributed by atoms with Crippen LogP contribution in [0.4, 0.5) is 5.69 Å². The van der Waals surface area contributed by atoms with E-state index in [1.165, 1.54) is 6.07 Å². The maximum atomic E-state index is 12.2. The van der Waals surface area contributed by atoms with Crippen molar-refractivity contribution in [1.82, 2.24) is 0 Å². The standard InChI is InChI=1S/C15H12N2O4S/c1-8-2-4-9(5-3-8)14-13-11(16)6-10(15(18)19)7-12(13)22(20,21)17-14/h2-7H,16H2,1H3,(H,18,19). The molecule has 22 heavy (non-hydrogen) atoms. The zero-order valence-corrected chi connectivity index (χ0v) is 12.4. The molecule has 0 aliphatic carbocycles. The van der Waals surface area contributed by atoms with Crippen LogP contribution in [0.2, 0.25) is 0 Å². The molecule has 0 unspecified atom stereocenters. The van der Waals surface area contributed by atoms with Crippen molar-refractivity contribution >= 4 is 27.4 Å². The topological polar surface area (TPSA) is 110 Å². The Morgan fingerprint density at radius 3 is 2.41 bits per heavy atom. The van der Waals surface area contributed by atoms with Gasteiger partial charge in [-0.3, -0.25) is 0 Å². The average molecular weight is 316 g/mol. The Morgan fingerprint density at radius 2 is 1.82 bits per heavy atom. The summed E-state index contributed by atoms with van der Waals surface area (Å²) in [5.41, 5.74) is 7.92. The van der Waals surface area contributed by atoms with E-state index < -0.39 is 16.0 Å². The number of aryl methyl sites for hydroxylation is 1. The third-order valence-corrected chi connectivity index (χ3v) is 4.73. The Kier molecular flexibility index (Phi) is 3.03. The molecule has 0 saturated carbocycles. The van der Waals surface area contributed by atoms with Crippen molar-refractivity contribution < 1.29 is 18.3 Å². The fourth-order valence-corrected chi connectivity index (χ4v) is 3.62. The number of hydrogen-bond donors (Lipinski definition) is 2. The van der Waals surface area contributed by atoms with Crippen molar-refractivity contribution in [3.05, 3.63) is 58.7 Å². The van der Waals surface area contributed by atoms with Gasteiger partial charge in [-0.05, 0) is 19.1 Å². The number of nitrogens with two attached hydrogens (primary N) is 1. The first kappa shape index (κ1) is 14.3. The van der Waals surface area contributed by atoms with Gasteiger partial charge < -0.3 is 10.8 Å². The van der Waals surface area contributed by atoms with Crippen LogP contribution in [-0.2, 0) is 10.0 Å². The maximum Gasteiger partial charge on any atom is 0.335 e. The van der Waals surface area contributed by atoms with E-state index in [-0.39, 0.29) is 27.4 Å². The van der Waals surface area contributed by atoms with E-state index in [0.717, 1.165) is 11.6 Å². The highest BCUT2D eigenvalue weighted by Crippen LogP contribution is 2.34. The molecule has 7 heteroatoms. The first-order valence-corrected chi connectivity index (χ1v) is 7.83. The molecule has 3 rings (SSSR count). The highest BCUT2D eigenvalue weighted by atomic mass is 32.2. The number of hydrogen-bond acceptors (Lipinski definition) is 4. The van der Waals surface area contributed by atoms with Crippen LogP contribution in [0.25, 0.3) is 0 Å². The zero-order chi connectivity index (χ0) is 16.1. The van der Waals surface area contributed by atoms with Crippen molar-refractivity contribution in [2.24, 2.45) is 4.40 Å². The number of rotatable bonds is 2. The van der Waals surface area contributed by atoms with Crippen LogP contribution in [0.3, 0.4) is 0 Å². The van der Waals surface area contributed by atoms with Crippen LogP contribution in [0.1, 0.15) is 27.0 Å². The Hall–Kier alpha value is -2.67. The number of aromatic carboxylic acids is 1. The smallest absolute Gasteiger partial charge is 0.335 e. The first-order chi connectivity index (χ1) is 10.3. The van der Waals surface area contributed by atoms with Gasteiger partial charge in [0, 0.05) is 16.8 Å². The van der Waals surface area contributed by atoms with Crippen LogP contribution in [0.15, 0.2) is 45.7 Å². The van der Waals surface area contributed by atoms with Gasteiger partial charge in [-0.2, -0.15) is 12.8 Å². The summed E-state index contributed by atoms with van der Waals surface area (Å²) in [6, 6.07) is 9.51. The Morgan fingerprint density at radius 1 is 1.18 bits per heavy atom. The molecule has 2 aromatic rings. The molecule has 0 aromatic heterocycles. The molecule has 0 atom stereocenters. The van der Waals surface area contributed by atoms with Gasteiger partial charge in [-0.15, -0.1) is 0 Å². The van der Waals surface area contributed by atoms with Gasteiger partial charge in [0.05, 0.1) is 11.3 Å². The molecule has 112 valence electrons. The lowest BCUT2D eigenvalue weighted by Crippen LogP contribution is -2.08. The number of nitrogens with zero attached hydrogens (tertiary/aromatic N) is 1. The molecular weight excluding hydrogens is 304 g/mol. The van der Waals surface area contributed by atoms with Gasteiger partial charge in [-0.1, -0.05) is 29.8 Å². The molecule has 2 aromatic carbocycles. The molecular formula is C15H12N2O4S. The lowest BCUT2D eigenvalue weighted by Gasteiger charge is -2.08. The molecule has 6 nitrogen and oxygen atoms in total. The third kappa shape index (κ3) is 2.15. The second-order valence-corrected chi connectivity index (χ2v) is 6.60. The number of benzene rings is 2. The summed E-state index contributed by atoms with van der Waals surface area (Å²) >= 11 is 0. The number of carboxylic acids is 1. The van der Waals surface area contributed by atoms with Gasteiger partial charge in [0.2, 0.25) is 0 Å². The lowest BCUT2D eigenvalue weighted by atomic mass is 9.98. The van der Waals surface area contributed by atoms with Gasteiger partial charge >= 0.3 is 5.97 Å². The van der Waals surface area contributed by atoms with Crippen molar-refractivity contribution in [2.45, 2.75) is 11.8 Å². The van der Waals surface area contributed by atoms with Crippen LogP contribution in [0, 0.1) is 6.92 Å². The van der Waals surface area contributed by atoms with Crippen LogP contribution < -0.4 is 5.73 Å². The Balaban J connectivity index is 2.28. The molecule has 3 N–H and O–H groups in total. The first-order valence-electron chi connectivity index (χ1n) is 6.39. The lowest BCUT2D eigenvalue weighted by molar-refractivity contribution is 0.0696. The largest absolute Gasteiger partial charge is 0.478 e. The summed E-state index contributed by atoms with van der Waals surface area (Å²) in [4.78, 5) is 10.9. The molecule has 0 bridgehead atoms. The van der Waals surface area contributed by atoms with Crippen LogP contribution in [-0.4, -0.2) is 25.2 Å². The number of sulfonamides is 1. The summed E-state index contributed by atoms with van der Waals surface area (Å²) in [6.07, 6.45) is 0. The normalized spacial score (nSPS) is 15.2. The van der Waals surface area contributed by atoms with Crippen molar-refractivity contribution in [1.29, 1.82) is 0 Å². The monoisotopic (exact) mass is 316 g/mol. The van der Waals surface area contributed by atoms with Crippen LogP contribution >= 0.6 is 0 Å². The number of nitrogen functional groups attached to an aromatic ring is 1. The molecule has 0 spiro atoms. The molecule has 1 heterocycles.